The summed E-state index contributed by atoms with van der Waals surface area (Å²) in [5, 5.41) is 9.60. The summed E-state index contributed by atoms with van der Waals surface area (Å²) >= 11 is 0. The van der Waals surface area contributed by atoms with Gasteiger partial charge in [-0.3, -0.25) is 0 Å². The van der Waals surface area contributed by atoms with E-state index in [1.54, 1.807) is 18.2 Å². The largest absolute Gasteiger partial charge is 0.504 e. The van der Waals surface area contributed by atoms with Crippen LogP contribution >= 0.6 is 0 Å². The maximum atomic E-state index is 9.60. The van der Waals surface area contributed by atoms with Gasteiger partial charge in [-0.1, -0.05) is 13.0 Å². The van der Waals surface area contributed by atoms with Crippen molar-refractivity contribution in [3.63, 3.8) is 0 Å². The molecule has 0 spiro atoms. The smallest absolute Gasteiger partial charge is 0.184 e. The highest BCUT2D eigenvalue weighted by Crippen LogP contribution is 2.34. The Kier molecular flexibility index (Phi) is 3.86. The molecule has 0 radical (unpaired) electrons. The Labute approximate surface area is 101 Å². The van der Waals surface area contributed by atoms with Crippen molar-refractivity contribution in [3.05, 3.63) is 23.8 Å². The highest BCUT2D eigenvalue weighted by Gasteiger charge is 2.26. The third-order valence-electron chi connectivity index (χ3n) is 2.76. The van der Waals surface area contributed by atoms with E-state index in [0.29, 0.717) is 19.0 Å². The van der Waals surface area contributed by atoms with Crippen LogP contribution in [0.5, 0.6) is 11.5 Å². The van der Waals surface area contributed by atoms with Crippen molar-refractivity contribution in [3.8, 4) is 11.5 Å². The molecule has 1 aliphatic rings. The van der Waals surface area contributed by atoms with Gasteiger partial charge in [0.25, 0.3) is 0 Å². The molecule has 1 aromatic carbocycles. The summed E-state index contributed by atoms with van der Waals surface area (Å²) in [6.45, 7) is 5.08. The Morgan fingerprint density at radius 1 is 1.41 bits per heavy atom. The van der Waals surface area contributed by atoms with Gasteiger partial charge in [-0.25, -0.2) is 0 Å². The average Bonchev–Trinajstić information content (AvgIpc) is 2.81. The highest BCUT2D eigenvalue weighted by molar-refractivity contribution is 5.42. The normalized spacial score (nSPS) is 23.9. The van der Waals surface area contributed by atoms with Crippen LogP contribution in [0.25, 0.3) is 0 Å². The minimum Gasteiger partial charge on any atom is -0.504 e. The average molecular weight is 238 g/mol. The first kappa shape index (κ1) is 12.2. The first-order valence-electron chi connectivity index (χ1n) is 5.97. The Bertz CT molecular complexity index is 378. The Balaban J connectivity index is 2.13. The zero-order chi connectivity index (χ0) is 12.3. The number of hydrogen-bond acceptors (Lipinski definition) is 4. The van der Waals surface area contributed by atoms with Crippen molar-refractivity contribution < 1.29 is 19.3 Å². The molecule has 1 N–H and O–H groups in total. The standard InChI is InChI=1S/C13H18O4/c1-3-10-8-16-13(17-10)9-5-6-11(14)12(7-9)15-4-2/h5-7,10,13-14H,3-4,8H2,1-2H3/t10-,13-/m1/s1. The van der Waals surface area contributed by atoms with E-state index in [2.05, 4.69) is 6.92 Å². The third-order valence-corrected chi connectivity index (χ3v) is 2.76. The van der Waals surface area contributed by atoms with Gasteiger partial charge in [0.2, 0.25) is 0 Å². The topological polar surface area (TPSA) is 47.9 Å². The summed E-state index contributed by atoms with van der Waals surface area (Å²) in [4.78, 5) is 0. The molecule has 4 heteroatoms. The number of phenolic OH excluding ortho intramolecular Hbond substituents is 1. The van der Waals surface area contributed by atoms with Crippen molar-refractivity contribution in [1.29, 1.82) is 0 Å². The zero-order valence-electron chi connectivity index (χ0n) is 10.2. The molecule has 2 atom stereocenters. The number of rotatable bonds is 4. The van der Waals surface area contributed by atoms with Crippen molar-refractivity contribution in [2.24, 2.45) is 0 Å². The van der Waals surface area contributed by atoms with Gasteiger partial charge < -0.3 is 19.3 Å². The van der Waals surface area contributed by atoms with Gasteiger partial charge in [-0.15, -0.1) is 0 Å². The quantitative estimate of drug-likeness (QED) is 0.876. The molecule has 0 aromatic heterocycles. The highest BCUT2D eigenvalue weighted by atomic mass is 16.7. The lowest BCUT2D eigenvalue weighted by atomic mass is 10.2. The lowest BCUT2D eigenvalue weighted by molar-refractivity contribution is -0.0605. The van der Waals surface area contributed by atoms with Crippen LogP contribution in [0.1, 0.15) is 32.1 Å². The molecule has 0 amide bonds. The summed E-state index contributed by atoms with van der Waals surface area (Å²) in [7, 11) is 0. The fourth-order valence-electron chi connectivity index (χ4n) is 1.79. The van der Waals surface area contributed by atoms with E-state index in [1.807, 2.05) is 6.92 Å². The molecule has 1 aliphatic heterocycles. The van der Waals surface area contributed by atoms with Crippen LogP contribution in [0.2, 0.25) is 0 Å². The van der Waals surface area contributed by atoms with Gasteiger partial charge >= 0.3 is 0 Å². The van der Waals surface area contributed by atoms with Crippen molar-refractivity contribution in [2.75, 3.05) is 13.2 Å². The van der Waals surface area contributed by atoms with E-state index >= 15 is 0 Å². The van der Waals surface area contributed by atoms with E-state index in [9.17, 15) is 5.11 Å². The summed E-state index contributed by atoms with van der Waals surface area (Å²) in [6.07, 6.45) is 0.747. The molecule has 1 saturated heterocycles. The molecule has 0 unspecified atom stereocenters. The molecule has 2 rings (SSSR count). The van der Waals surface area contributed by atoms with Gasteiger partial charge in [-0.05, 0) is 25.5 Å². The molecular weight excluding hydrogens is 220 g/mol. The summed E-state index contributed by atoms with van der Waals surface area (Å²) in [5.41, 5.74) is 0.877. The van der Waals surface area contributed by atoms with Crippen LogP contribution in [-0.2, 0) is 9.47 Å². The fourth-order valence-corrected chi connectivity index (χ4v) is 1.79. The molecular formula is C13H18O4. The van der Waals surface area contributed by atoms with E-state index in [4.69, 9.17) is 14.2 Å². The molecule has 17 heavy (non-hydrogen) atoms. The number of hydrogen-bond donors (Lipinski definition) is 1. The first-order valence-corrected chi connectivity index (χ1v) is 5.97. The lowest BCUT2D eigenvalue weighted by Crippen LogP contribution is -2.07. The molecule has 0 aliphatic carbocycles. The second-order valence-corrected chi connectivity index (χ2v) is 3.99. The number of ether oxygens (including phenoxy) is 3. The van der Waals surface area contributed by atoms with Crippen molar-refractivity contribution in [1.82, 2.24) is 0 Å². The molecule has 1 fully saturated rings. The monoisotopic (exact) mass is 238 g/mol. The molecule has 94 valence electrons. The SMILES string of the molecule is CCOc1cc([C@@H]2OC[C@@H](CC)O2)ccc1O. The molecule has 1 aromatic rings. The number of benzene rings is 1. The lowest BCUT2D eigenvalue weighted by Gasteiger charge is -2.13. The first-order chi connectivity index (χ1) is 8.24. The second kappa shape index (κ2) is 5.38. The van der Waals surface area contributed by atoms with Crippen LogP contribution in [0, 0.1) is 0 Å². The van der Waals surface area contributed by atoms with E-state index in [1.165, 1.54) is 0 Å². The van der Waals surface area contributed by atoms with Crippen LogP contribution in [-0.4, -0.2) is 24.4 Å². The van der Waals surface area contributed by atoms with Crippen molar-refractivity contribution >= 4 is 0 Å². The Morgan fingerprint density at radius 3 is 2.88 bits per heavy atom. The minimum absolute atomic E-state index is 0.139. The number of aromatic hydroxyl groups is 1. The Morgan fingerprint density at radius 2 is 2.24 bits per heavy atom. The van der Waals surface area contributed by atoms with E-state index < -0.39 is 0 Å². The third kappa shape index (κ3) is 2.70. The molecule has 4 nitrogen and oxygen atoms in total. The Hall–Kier alpha value is -1.26. The van der Waals surface area contributed by atoms with Crippen LogP contribution in [0.3, 0.4) is 0 Å². The van der Waals surface area contributed by atoms with E-state index in [0.717, 1.165) is 12.0 Å². The number of phenols is 1. The van der Waals surface area contributed by atoms with Gasteiger partial charge in [0, 0.05) is 5.56 Å². The molecule has 0 bridgehead atoms. The van der Waals surface area contributed by atoms with Crippen LogP contribution in [0.15, 0.2) is 18.2 Å². The molecule has 1 heterocycles. The molecule has 0 saturated carbocycles. The summed E-state index contributed by atoms with van der Waals surface area (Å²) in [6, 6.07) is 5.16. The predicted octanol–water partition coefficient (Wildman–Crippen LogP) is 2.61. The van der Waals surface area contributed by atoms with Gasteiger partial charge in [0.15, 0.2) is 17.8 Å². The van der Waals surface area contributed by atoms with Crippen LogP contribution in [0.4, 0.5) is 0 Å². The zero-order valence-corrected chi connectivity index (χ0v) is 10.2. The minimum atomic E-state index is -0.347. The fraction of sp³-hybridized carbons (Fsp3) is 0.538. The van der Waals surface area contributed by atoms with Crippen LogP contribution < -0.4 is 4.74 Å². The second-order valence-electron chi connectivity index (χ2n) is 3.99. The summed E-state index contributed by atoms with van der Waals surface area (Å²) < 4.78 is 16.6. The maximum Gasteiger partial charge on any atom is 0.184 e. The van der Waals surface area contributed by atoms with Gasteiger partial charge in [0.05, 0.1) is 19.3 Å². The van der Waals surface area contributed by atoms with E-state index in [-0.39, 0.29) is 18.1 Å². The maximum absolute atomic E-state index is 9.60. The van der Waals surface area contributed by atoms with Gasteiger partial charge in [-0.2, -0.15) is 0 Å². The predicted molar refractivity (Wildman–Crippen MR) is 63.1 cm³/mol. The van der Waals surface area contributed by atoms with Crippen molar-refractivity contribution in [2.45, 2.75) is 32.7 Å². The van der Waals surface area contributed by atoms with Gasteiger partial charge in [0.1, 0.15) is 0 Å². The summed E-state index contributed by atoms with van der Waals surface area (Å²) in [5.74, 6) is 0.609.